The van der Waals surface area contributed by atoms with Crippen molar-refractivity contribution >= 4 is 11.6 Å². The van der Waals surface area contributed by atoms with Crippen molar-refractivity contribution in [1.29, 1.82) is 0 Å². The van der Waals surface area contributed by atoms with Gasteiger partial charge >= 0.3 is 0 Å². The van der Waals surface area contributed by atoms with Gasteiger partial charge in [-0.1, -0.05) is 54.1 Å². The first-order valence-corrected chi connectivity index (χ1v) is 7.79. The molecule has 2 aromatic carbocycles. The van der Waals surface area contributed by atoms with E-state index in [9.17, 15) is 0 Å². The number of benzene rings is 2. The highest BCUT2D eigenvalue weighted by Crippen LogP contribution is 2.34. The van der Waals surface area contributed by atoms with E-state index in [0.29, 0.717) is 9.92 Å². The van der Waals surface area contributed by atoms with Crippen LogP contribution in [0.15, 0.2) is 54.6 Å². The van der Waals surface area contributed by atoms with E-state index < -0.39 is 50.7 Å². The molecule has 1 heterocycles. The lowest BCUT2D eigenvalue weighted by atomic mass is 9.88. The molecule has 3 rings (SSSR count). The van der Waals surface area contributed by atoms with Crippen molar-refractivity contribution in [3.05, 3.63) is 70.7 Å². The summed E-state index contributed by atoms with van der Waals surface area (Å²) in [6, 6.07) is 10.3. The van der Waals surface area contributed by atoms with Crippen molar-refractivity contribution < 1.29 is 21.2 Å². The van der Waals surface area contributed by atoms with Gasteiger partial charge in [-0.15, -0.1) is 0 Å². The van der Waals surface area contributed by atoms with Crippen LogP contribution < -0.4 is 0 Å². The Bertz CT molecular complexity index is 1090. The number of ether oxygens (including phenoxy) is 1. The molecule has 0 bridgehead atoms. The summed E-state index contributed by atoms with van der Waals surface area (Å²) in [5.74, 6) is 0. The maximum Gasteiger partial charge on any atom is 0.115 e. The number of hydrogen-bond acceptors (Lipinski definition) is 2. The minimum absolute atomic E-state index is 0.0985. The van der Waals surface area contributed by atoms with Gasteiger partial charge in [0.05, 0.1) is 0 Å². The molecule has 2 nitrogen and oxygen atoms in total. The first-order chi connectivity index (χ1) is 16.2. The SMILES string of the molecule is [2H]C1([2H])N(C)[C@@]([2H])(C([2H])([2H])CO[C@](c2ccccc2)(c2ccc(Cl)cc2)C([2H])([2H])[2H])C([2H])([2H])C1([2H])[2H]. The zero-order chi connectivity index (χ0) is 27.6. The Labute approximate surface area is 167 Å². The lowest BCUT2D eigenvalue weighted by Crippen LogP contribution is -2.31. The van der Waals surface area contributed by atoms with Crippen LogP contribution >= 0.6 is 11.6 Å². The van der Waals surface area contributed by atoms with E-state index in [1.807, 2.05) is 0 Å². The quantitative estimate of drug-likeness (QED) is 0.714. The van der Waals surface area contributed by atoms with E-state index in [1.165, 1.54) is 36.4 Å². The third-order valence-electron chi connectivity index (χ3n) is 3.70. The molecule has 1 saturated heterocycles. The fourth-order valence-corrected chi connectivity index (χ4v) is 2.50. The molecule has 2 atom stereocenters. The van der Waals surface area contributed by atoms with Gasteiger partial charge in [-0.2, -0.15) is 0 Å². The van der Waals surface area contributed by atoms with Crippen LogP contribution in [0.2, 0.25) is 5.02 Å². The fraction of sp³-hybridized carbons (Fsp3) is 0.429. The number of likely N-dealkylation sites (tertiary alicyclic amines) is 1. The molecule has 0 aliphatic carbocycles. The van der Waals surface area contributed by atoms with Gasteiger partial charge in [0.15, 0.2) is 0 Å². The predicted molar refractivity (Wildman–Crippen MR) is 101 cm³/mol. The number of rotatable bonds is 6. The molecule has 0 radical (unpaired) electrons. The normalized spacial score (nSPS) is 38.8. The highest BCUT2D eigenvalue weighted by Gasteiger charge is 2.30. The highest BCUT2D eigenvalue weighted by molar-refractivity contribution is 6.30. The van der Waals surface area contributed by atoms with Gasteiger partial charge in [0, 0.05) is 34.1 Å². The van der Waals surface area contributed by atoms with Crippen LogP contribution in [0, 0.1) is 0 Å². The average molecular weight is 356 g/mol. The molecule has 3 heteroatoms. The van der Waals surface area contributed by atoms with Gasteiger partial charge in [0.25, 0.3) is 0 Å². The standard InChI is InChI=1S/C21H26ClNO/c1-21(17-7-4-3-5-8-17,18-10-12-19(22)13-11-18)24-16-14-20-9-6-15-23(20)2/h3-5,7-8,10-13,20H,6,9,14-16H2,1-2H3/t20-,21-/m1/s1/i1D3,6D2,9D2,14D2,15D2,20D. The first-order valence-electron chi connectivity index (χ1n) is 13.4. The van der Waals surface area contributed by atoms with Crippen LogP contribution in [0.5, 0.6) is 0 Å². The Morgan fingerprint density at radius 2 is 2.00 bits per heavy atom. The van der Waals surface area contributed by atoms with Crippen molar-refractivity contribution in [2.45, 2.75) is 37.6 Å². The second-order valence-electron chi connectivity index (χ2n) is 5.29. The predicted octanol–water partition coefficient (Wildman–Crippen LogP) is 5.10. The first kappa shape index (κ1) is 7.90. The molecule has 1 aliphatic heterocycles. The summed E-state index contributed by atoms with van der Waals surface area (Å²) in [5.41, 5.74) is -2.04. The van der Waals surface area contributed by atoms with Crippen molar-refractivity contribution in [3.63, 3.8) is 0 Å². The Morgan fingerprint density at radius 1 is 1.29 bits per heavy atom. The Morgan fingerprint density at radius 3 is 2.62 bits per heavy atom. The van der Waals surface area contributed by atoms with Crippen LogP contribution in [0.4, 0.5) is 0 Å². The van der Waals surface area contributed by atoms with E-state index in [1.54, 1.807) is 18.2 Å². The van der Waals surface area contributed by atoms with Gasteiger partial charge in [-0.05, 0) is 62.8 Å². The molecule has 0 N–H and O–H groups in total. The molecule has 0 spiro atoms. The third kappa shape index (κ3) is 3.83. The molecule has 0 amide bonds. The Kier molecular flexibility index (Phi) is 2.53. The second kappa shape index (κ2) is 7.69. The third-order valence-corrected chi connectivity index (χ3v) is 3.95. The van der Waals surface area contributed by atoms with E-state index >= 15 is 0 Å². The molecule has 128 valence electrons. The van der Waals surface area contributed by atoms with Crippen LogP contribution in [0.1, 0.15) is 53.5 Å². The molecule has 1 aliphatic rings. The Balaban J connectivity index is 2.18. The van der Waals surface area contributed by atoms with Crippen molar-refractivity contribution in [2.75, 3.05) is 20.2 Å². The van der Waals surface area contributed by atoms with E-state index in [2.05, 4.69) is 0 Å². The van der Waals surface area contributed by atoms with Crippen LogP contribution in [0.25, 0.3) is 0 Å². The maximum absolute atomic E-state index is 8.76. The van der Waals surface area contributed by atoms with Crippen molar-refractivity contribution in [2.24, 2.45) is 0 Å². The smallest absolute Gasteiger partial charge is 0.115 e. The molecule has 0 unspecified atom stereocenters. The lowest BCUT2D eigenvalue weighted by molar-refractivity contribution is -0.0117. The van der Waals surface area contributed by atoms with Gasteiger partial charge in [-0.25, -0.2) is 0 Å². The minimum Gasteiger partial charge on any atom is -0.366 e. The largest absolute Gasteiger partial charge is 0.366 e. The van der Waals surface area contributed by atoms with Gasteiger partial charge in [-0.3, -0.25) is 0 Å². The maximum atomic E-state index is 8.76. The Hall–Kier alpha value is -1.35. The monoisotopic (exact) mass is 355 g/mol. The molecular weight excluding hydrogens is 318 g/mol. The summed E-state index contributed by atoms with van der Waals surface area (Å²) in [6.45, 7) is -7.16. The topological polar surface area (TPSA) is 12.5 Å². The number of hydrogen-bond donors (Lipinski definition) is 0. The molecule has 2 aromatic rings. The fourth-order valence-electron chi connectivity index (χ4n) is 2.38. The van der Waals surface area contributed by atoms with Crippen LogP contribution in [-0.2, 0) is 10.3 Å². The number of nitrogens with zero attached hydrogens (tertiary/aromatic N) is 1. The summed E-state index contributed by atoms with van der Waals surface area (Å²) in [5, 5.41) is 0.317. The average Bonchev–Trinajstić information content (AvgIpc) is 2.85. The van der Waals surface area contributed by atoms with Crippen LogP contribution in [-0.4, -0.2) is 31.1 Å². The summed E-state index contributed by atoms with van der Waals surface area (Å²) in [6.07, 6.45) is -9.73. The highest BCUT2D eigenvalue weighted by atomic mass is 35.5. The molecule has 0 saturated carbocycles. The summed E-state index contributed by atoms with van der Waals surface area (Å²) in [4.78, 5) is 0.366. The van der Waals surface area contributed by atoms with Gasteiger partial charge < -0.3 is 9.64 Å². The van der Waals surface area contributed by atoms with Gasteiger partial charge in [0.1, 0.15) is 5.60 Å². The second-order valence-corrected chi connectivity index (χ2v) is 5.73. The van der Waals surface area contributed by atoms with Crippen molar-refractivity contribution in [3.8, 4) is 0 Å². The number of halogens is 1. The van der Waals surface area contributed by atoms with E-state index in [4.69, 9.17) is 32.8 Å². The molecular formula is C21H26ClNO. The zero-order valence-corrected chi connectivity index (χ0v) is 13.9. The van der Waals surface area contributed by atoms with E-state index in [-0.39, 0.29) is 11.1 Å². The summed E-state index contributed by atoms with van der Waals surface area (Å²) >= 11 is 5.99. The van der Waals surface area contributed by atoms with Crippen LogP contribution in [0.3, 0.4) is 0 Å². The van der Waals surface area contributed by atoms with Crippen molar-refractivity contribution in [1.82, 2.24) is 4.90 Å². The molecule has 0 aromatic heterocycles. The lowest BCUT2D eigenvalue weighted by Gasteiger charge is -2.32. The summed E-state index contributed by atoms with van der Waals surface area (Å²) < 4.78 is 106. The minimum atomic E-state index is -3.36. The van der Waals surface area contributed by atoms with E-state index in [0.717, 1.165) is 7.05 Å². The van der Waals surface area contributed by atoms with Gasteiger partial charge in [0.2, 0.25) is 0 Å². The zero-order valence-electron chi connectivity index (χ0n) is 25.1. The molecule has 24 heavy (non-hydrogen) atoms. The summed E-state index contributed by atoms with van der Waals surface area (Å²) in [7, 11) is 0.918. The molecule has 1 fully saturated rings.